The number of nitrogens with zero attached hydrogens (tertiary/aromatic N) is 1. The highest BCUT2D eigenvalue weighted by Crippen LogP contribution is 2.21. The molecule has 1 aliphatic rings. The zero-order chi connectivity index (χ0) is 16.1. The van der Waals surface area contributed by atoms with E-state index >= 15 is 0 Å². The summed E-state index contributed by atoms with van der Waals surface area (Å²) in [7, 11) is 0. The SMILES string of the molecule is O=C(O)c1ccc(C=C2CCN(Cc3ccccc3)CC2)cc1. The van der Waals surface area contributed by atoms with Crippen molar-refractivity contribution in [1.82, 2.24) is 4.90 Å². The fraction of sp³-hybridized carbons (Fsp3) is 0.250. The van der Waals surface area contributed by atoms with E-state index < -0.39 is 5.97 Å². The molecule has 3 rings (SSSR count). The Morgan fingerprint density at radius 2 is 1.65 bits per heavy atom. The second-order valence-corrected chi connectivity index (χ2v) is 5.99. The number of aromatic carboxylic acids is 1. The van der Waals surface area contributed by atoms with Crippen molar-refractivity contribution in [3.8, 4) is 0 Å². The van der Waals surface area contributed by atoms with Gasteiger partial charge >= 0.3 is 5.97 Å². The summed E-state index contributed by atoms with van der Waals surface area (Å²) < 4.78 is 0. The molecule has 0 aliphatic carbocycles. The lowest BCUT2D eigenvalue weighted by atomic mass is 10.00. The molecule has 118 valence electrons. The van der Waals surface area contributed by atoms with Crippen LogP contribution in [-0.4, -0.2) is 29.1 Å². The van der Waals surface area contributed by atoms with Crippen LogP contribution in [0.2, 0.25) is 0 Å². The molecule has 3 heteroatoms. The van der Waals surface area contributed by atoms with Gasteiger partial charge in [0.25, 0.3) is 0 Å². The summed E-state index contributed by atoms with van der Waals surface area (Å²) in [5, 5.41) is 8.93. The third-order valence-corrected chi connectivity index (χ3v) is 4.28. The van der Waals surface area contributed by atoms with E-state index in [1.165, 1.54) is 11.1 Å². The molecule has 1 aliphatic heterocycles. The topological polar surface area (TPSA) is 40.5 Å². The van der Waals surface area contributed by atoms with Gasteiger partial charge in [-0.15, -0.1) is 0 Å². The minimum Gasteiger partial charge on any atom is -0.478 e. The fourth-order valence-corrected chi connectivity index (χ4v) is 2.94. The largest absolute Gasteiger partial charge is 0.478 e. The first-order chi connectivity index (χ1) is 11.2. The lowest BCUT2D eigenvalue weighted by Crippen LogP contribution is -2.30. The van der Waals surface area contributed by atoms with Gasteiger partial charge in [-0.05, 0) is 36.1 Å². The lowest BCUT2D eigenvalue weighted by Gasteiger charge is -2.28. The molecule has 1 N–H and O–H groups in total. The van der Waals surface area contributed by atoms with E-state index in [1.54, 1.807) is 12.1 Å². The zero-order valence-electron chi connectivity index (χ0n) is 13.1. The third-order valence-electron chi connectivity index (χ3n) is 4.28. The van der Waals surface area contributed by atoms with Crippen molar-refractivity contribution in [2.45, 2.75) is 19.4 Å². The molecule has 0 bridgehead atoms. The van der Waals surface area contributed by atoms with Crippen molar-refractivity contribution in [3.63, 3.8) is 0 Å². The third kappa shape index (κ3) is 4.30. The van der Waals surface area contributed by atoms with Crippen LogP contribution >= 0.6 is 0 Å². The van der Waals surface area contributed by atoms with Gasteiger partial charge in [0.1, 0.15) is 0 Å². The molecule has 0 saturated carbocycles. The van der Waals surface area contributed by atoms with Gasteiger partial charge < -0.3 is 5.11 Å². The molecule has 0 amide bonds. The number of hydrogen-bond donors (Lipinski definition) is 1. The number of hydrogen-bond acceptors (Lipinski definition) is 2. The highest BCUT2D eigenvalue weighted by Gasteiger charge is 2.14. The van der Waals surface area contributed by atoms with Crippen molar-refractivity contribution in [2.75, 3.05) is 13.1 Å². The first kappa shape index (κ1) is 15.5. The Morgan fingerprint density at radius 3 is 2.26 bits per heavy atom. The number of likely N-dealkylation sites (tertiary alicyclic amines) is 1. The van der Waals surface area contributed by atoms with Crippen LogP contribution in [0.5, 0.6) is 0 Å². The average Bonchev–Trinajstić information content (AvgIpc) is 2.58. The maximum atomic E-state index is 10.9. The number of carbonyl (C=O) groups is 1. The van der Waals surface area contributed by atoms with Crippen molar-refractivity contribution >= 4 is 12.0 Å². The summed E-state index contributed by atoms with van der Waals surface area (Å²) >= 11 is 0. The smallest absolute Gasteiger partial charge is 0.335 e. The first-order valence-corrected chi connectivity index (χ1v) is 8.00. The van der Waals surface area contributed by atoms with Crippen molar-refractivity contribution in [3.05, 3.63) is 76.9 Å². The molecule has 1 saturated heterocycles. The molecule has 3 nitrogen and oxygen atoms in total. The predicted molar refractivity (Wildman–Crippen MR) is 92.3 cm³/mol. The Bertz CT molecular complexity index is 679. The molecule has 2 aromatic rings. The van der Waals surface area contributed by atoms with Gasteiger partial charge in [0.05, 0.1) is 5.56 Å². The Morgan fingerprint density at radius 1 is 1.00 bits per heavy atom. The van der Waals surface area contributed by atoms with E-state index in [4.69, 9.17) is 5.11 Å². The Balaban J connectivity index is 1.56. The molecule has 2 aromatic carbocycles. The van der Waals surface area contributed by atoms with Crippen LogP contribution in [0.3, 0.4) is 0 Å². The predicted octanol–water partition coefficient (Wildman–Crippen LogP) is 4.06. The fourth-order valence-electron chi connectivity index (χ4n) is 2.94. The molecule has 0 unspecified atom stereocenters. The number of carboxylic acids is 1. The normalized spacial score (nSPS) is 15.4. The van der Waals surface area contributed by atoms with Crippen LogP contribution in [-0.2, 0) is 6.54 Å². The maximum absolute atomic E-state index is 10.9. The van der Waals surface area contributed by atoms with Crippen molar-refractivity contribution in [1.29, 1.82) is 0 Å². The van der Waals surface area contributed by atoms with Crippen molar-refractivity contribution in [2.24, 2.45) is 0 Å². The van der Waals surface area contributed by atoms with Crippen LogP contribution in [0.4, 0.5) is 0 Å². The number of rotatable bonds is 4. The van der Waals surface area contributed by atoms with Crippen molar-refractivity contribution < 1.29 is 9.90 Å². The first-order valence-electron chi connectivity index (χ1n) is 8.00. The van der Waals surface area contributed by atoms with Gasteiger partial charge in [0.2, 0.25) is 0 Å². The zero-order valence-corrected chi connectivity index (χ0v) is 13.1. The van der Waals surface area contributed by atoms with Crippen LogP contribution in [0, 0.1) is 0 Å². The molecule has 0 radical (unpaired) electrons. The summed E-state index contributed by atoms with van der Waals surface area (Å²) in [6.07, 6.45) is 4.35. The van der Waals surface area contributed by atoms with Gasteiger partial charge in [-0.2, -0.15) is 0 Å². The van der Waals surface area contributed by atoms with E-state index in [2.05, 4.69) is 41.3 Å². The molecule has 1 heterocycles. The van der Waals surface area contributed by atoms with Crippen LogP contribution in [0.25, 0.3) is 6.08 Å². The summed E-state index contributed by atoms with van der Waals surface area (Å²) in [6, 6.07) is 17.7. The highest BCUT2D eigenvalue weighted by molar-refractivity contribution is 5.87. The lowest BCUT2D eigenvalue weighted by molar-refractivity contribution is 0.0697. The van der Waals surface area contributed by atoms with E-state index in [-0.39, 0.29) is 0 Å². The quantitative estimate of drug-likeness (QED) is 0.926. The summed E-state index contributed by atoms with van der Waals surface area (Å²) in [4.78, 5) is 13.4. The Kier molecular flexibility index (Phi) is 4.89. The van der Waals surface area contributed by atoms with Gasteiger partial charge in [-0.25, -0.2) is 4.79 Å². The second kappa shape index (κ2) is 7.25. The van der Waals surface area contributed by atoms with Gasteiger partial charge in [-0.3, -0.25) is 4.90 Å². The van der Waals surface area contributed by atoms with Crippen LogP contribution in [0.15, 0.2) is 60.2 Å². The number of benzene rings is 2. The molecule has 0 spiro atoms. The summed E-state index contributed by atoms with van der Waals surface area (Å²) in [6.45, 7) is 3.17. The molecular weight excluding hydrogens is 286 g/mol. The molecule has 0 aromatic heterocycles. The minimum atomic E-state index is -0.876. The molecule has 23 heavy (non-hydrogen) atoms. The molecule has 0 atom stereocenters. The Hall–Kier alpha value is -2.39. The molecule has 1 fully saturated rings. The van der Waals surface area contributed by atoms with Gasteiger partial charge in [-0.1, -0.05) is 54.1 Å². The van der Waals surface area contributed by atoms with E-state index in [9.17, 15) is 4.79 Å². The van der Waals surface area contributed by atoms with Gasteiger partial charge in [0, 0.05) is 19.6 Å². The van der Waals surface area contributed by atoms with Crippen LogP contribution in [0.1, 0.15) is 34.3 Å². The van der Waals surface area contributed by atoms with Gasteiger partial charge in [0.15, 0.2) is 0 Å². The summed E-state index contributed by atoms with van der Waals surface area (Å²) in [5.41, 5.74) is 4.23. The maximum Gasteiger partial charge on any atom is 0.335 e. The van der Waals surface area contributed by atoms with E-state index in [1.807, 2.05) is 12.1 Å². The second-order valence-electron chi connectivity index (χ2n) is 5.99. The number of piperidine rings is 1. The van der Waals surface area contributed by atoms with E-state index in [0.717, 1.165) is 38.0 Å². The highest BCUT2D eigenvalue weighted by atomic mass is 16.4. The molecular formula is C20H21NO2. The standard InChI is InChI=1S/C20H21NO2/c22-20(23)19-8-6-16(7-9-19)14-17-10-12-21(13-11-17)15-18-4-2-1-3-5-18/h1-9,14H,10-13,15H2,(H,22,23). The number of carboxylic acid groups (broad SMARTS) is 1. The Labute approximate surface area is 136 Å². The summed E-state index contributed by atoms with van der Waals surface area (Å²) in [5.74, 6) is -0.876. The minimum absolute atomic E-state index is 0.338. The monoisotopic (exact) mass is 307 g/mol. The van der Waals surface area contributed by atoms with E-state index in [0.29, 0.717) is 5.56 Å². The average molecular weight is 307 g/mol. The van der Waals surface area contributed by atoms with Crippen LogP contribution < -0.4 is 0 Å².